The minimum absolute atomic E-state index is 0.277. The number of esters is 3. The van der Waals surface area contributed by atoms with Crippen molar-refractivity contribution in [3.8, 4) is 0 Å². The van der Waals surface area contributed by atoms with Gasteiger partial charge in [0.1, 0.15) is 0 Å². The molecule has 270 valence electrons. The summed E-state index contributed by atoms with van der Waals surface area (Å²) in [4.78, 5) is 39.3. The zero-order valence-electron chi connectivity index (χ0n) is 30.6. The van der Waals surface area contributed by atoms with Gasteiger partial charge in [0.05, 0.1) is 37.6 Å². The SMILES string of the molecule is CCCCCCCCCCCOC(=O)C1CC(C(=O)OCCCCCCCCCC)CC(C(=O)OCCCCCCCCCC)C1. The maximum atomic E-state index is 13.1. The Morgan fingerprint density at radius 1 is 0.348 bits per heavy atom. The Labute approximate surface area is 284 Å². The van der Waals surface area contributed by atoms with E-state index < -0.39 is 17.8 Å². The van der Waals surface area contributed by atoms with Crippen LogP contribution >= 0.6 is 0 Å². The molecule has 0 heterocycles. The van der Waals surface area contributed by atoms with Crippen molar-refractivity contribution >= 4 is 17.9 Å². The molecule has 1 rings (SSSR count). The number of unbranched alkanes of at least 4 members (excludes halogenated alkanes) is 22. The third-order valence-corrected chi connectivity index (χ3v) is 9.68. The van der Waals surface area contributed by atoms with E-state index in [2.05, 4.69) is 20.8 Å². The first-order valence-corrected chi connectivity index (χ1v) is 20.0. The average Bonchev–Trinajstić information content (AvgIpc) is 3.07. The quantitative estimate of drug-likeness (QED) is 0.0422. The molecule has 0 aromatic carbocycles. The monoisotopic (exact) mass is 651 g/mol. The maximum Gasteiger partial charge on any atom is 0.308 e. The van der Waals surface area contributed by atoms with Gasteiger partial charge in [-0.3, -0.25) is 14.4 Å². The summed E-state index contributed by atoms with van der Waals surface area (Å²) in [5.41, 5.74) is 0. The van der Waals surface area contributed by atoms with Crippen LogP contribution in [-0.2, 0) is 28.6 Å². The Hall–Kier alpha value is -1.59. The van der Waals surface area contributed by atoms with Gasteiger partial charge < -0.3 is 14.2 Å². The fourth-order valence-electron chi connectivity index (χ4n) is 6.65. The Balaban J connectivity index is 2.48. The molecule has 6 nitrogen and oxygen atoms in total. The Morgan fingerprint density at radius 3 is 0.761 bits per heavy atom. The van der Waals surface area contributed by atoms with E-state index in [4.69, 9.17) is 14.2 Å². The first kappa shape index (κ1) is 42.4. The second-order valence-electron chi connectivity index (χ2n) is 14.1. The van der Waals surface area contributed by atoms with Crippen LogP contribution in [0.5, 0.6) is 0 Å². The lowest BCUT2D eigenvalue weighted by Gasteiger charge is -2.31. The van der Waals surface area contributed by atoms with Gasteiger partial charge in [0.25, 0.3) is 0 Å². The molecule has 0 bridgehead atoms. The summed E-state index contributed by atoms with van der Waals surface area (Å²) in [6.07, 6.45) is 31.0. The van der Waals surface area contributed by atoms with E-state index in [0.29, 0.717) is 39.1 Å². The van der Waals surface area contributed by atoms with Crippen molar-refractivity contribution < 1.29 is 28.6 Å². The minimum Gasteiger partial charge on any atom is -0.465 e. The van der Waals surface area contributed by atoms with Crippen LogP contribution in [0.15, 0.2) is 0 Å². The molecule has 0 N–H and O–H groups in total. The van der Waals surface area contributed by atoms with Gasteiger partial charge in [-0.25, -0.2) is 0 Å². The van der Waals surface area contributed by atoms with Crippen LogP contribution < -0.4 is 0 Å². The third-order valence-electron chi connectivity index (χ3n) is 9.68. The molecule has 0 spiro atoms. The number of ether oxygens (including phenoxy) is 3. The fourth-order valence-corrected chi connectivity index (χ4v) is 6.65. The van der Waals surface area contributed by atoms with Crippen molar-refractivity contribution in [3.05, 3.63) is 0 Å². The van der Waals surface area contributed by atoms with E-state index in [1.807, 2.05) is 0 Å². The number of hydrogen-bond acceptors (Lipinski definition) is 6. The molecule has 1 aliphatic carbocycles. The van der Waals surface area contributed by atoms with Crippen molar-refractivity contribution in [1.82, 2.24) is 0 Å². The molecule has 0 aromatic rings. The molecular weight excluding hydrogens is 576 g/mol. The van der Waals surface area contributed by atoms with E-state index in [1.165, 1.54) is 122 Å². The zero-order chi connectivity index (χ0) is 33.5. The molecule has 0 saturated heterocycles. The normalized spacial score (nSPS) is 17.9. The highest BCUT2D eigenvalue weighted by Crippen LogP contribution is 2.36. The zero-order valence-corrected chi connectivity index (χ0v) is 30.6. The molecule has 0 amide bonds. The van der Waals surface area contributed by atoms with Gasteiger partial charge in [-0.2, -0.15) is 0 Å². The lowest BCUT2D eigenvalue weighted by Crippen LogP contribution is -2.37. The lowest BCUT2D eigenvalue weighted by atomic mass is 9.75. The average molecular weight is 651 g/mol. The van der Waals surface area contributed by atoms with Gasteiger partial charge in [-0.15, -0.1) is 0 Å². The van der Waals surface area contributed by atoms with Crippen LogP contribution in [0.25, 0.3) is 0 Å². The highest BCUT2D eigenvalue weighted by atomic mass is 16.5. The van der Waals surface area contributed by atoms with Crippen LogP contribution in [0, 0.1) is 17.8 Å². The second kappa shape index (κ2) is 30.7. The predicted octanol–water partition coefficient (Wildman–Crippen LogP) is 11.5. The third kappa shape index (κ3) is 22.9. The standard InChI is InChI=1S/C40H74O6/c1-4-7-10-13-16-19-22-25-28-31-46-40(43)37-33-35(38(41)44-29-26-23-20-17-14-11-8-5-2)32-36(34-37)39(42)45-30-27-24-21-18-15-12-9-6-3/h35-37H,4-34H2,1-3H3. The number of rotatable bonds is 31. The minimum atomic E-state index is -0.464. The van der Waals surface area contributed by atoms with Crippen LogP contribution in [0.2, 0.25) is 0 Å². The van der Waals surface area contributed by atoms with Gasteiger partial charge in [-0.1, -0.05) is 162 Å². The molecule has 1 fully saturated rings. The smallest absolute Gasteiger partial charge is 0.308 e. The molecule has 2 unspecified atom stereocenters. The maximum absolute atomic E-state index is 13.1. The summed E-state index contributed by atoms with van der Waals surface area (Å²) in [5.74, 6) is -2.22. The largest absolute Gasteiger partial charge is 0.465 e. The molecule has 2 atom stereocenters. The summed E-state index contributed by atoms with van der Waals surface area (Å²) in [6, 6.07) is 0. The first-order valence-electron chi connectivity index (χ1n) is 20.0. The summed E-state index contributed by atoms with van der Waals surface area (Å²) < 4.78 is 17.0. The number of carbonyl (C=O) groups excluding carboxylic acids is 3. The molecule has 0 aliphatic heterocycles. The molecule has 1 aliphatic rings. The van der Waals surface area contributed by atoms with Gasteiger partial charge in [-0.05, 0) is 38.5 Å². The molecule has 6 heteroatoms. The topological polar surface area (TPSA) is 78.9 Å². The van der Waals surface area contributed by atoms with Crippen LogP contribution in [0.3, 0.4) is 0 Å². The Morgan fingerprint density at radius 2 is 0.543 bits per heavy atom. The number of hydrogen-bond donors (Lipinski definition) is 0. The Kier molecular flexibility index (Phi) is 28.3. The van der Waals surface area contributed by atoms with E-state index in [9.17, 15) is 14.4 Å². The van der Waals surface area contributed by atoms with Crippen molar-refractivity contribution in [2.75, 3.05) is 19.8 Å². The van der Waals surface area contributed by atoms with Crippen molar-refractivity contribution in [3.63, 3.8) is 0 Å². The van der Waals surface area contributed by atoms with Gasteiger partial charge in [0.2, 0.25) is 0 Å². The highest BCUT2D eigenvalue weighted by molar-refractivity contribution is 5.80. The molecule has 0 aromatic heterocycles. The fraction of sp³-hybridized carbons (Fsp3) is 0.925. The van der Waals surface area contributed by atoms with E-state index in [0.717, 1.165) is 38.5 Å². The second-order valence-corrected chi connectivity index (χ2v) is 14.1. The Bertz CT molecular complexity index is 695. The molecular formula is C40H74O6. The predicted molar refractivity (Wildman–Crippen MR) is 190 cm³/mol. The van der Waals surface area contributed by atoms with E-state index in [1.54, 1.807) is 0 Å². The van der Waals surface area contributed by atoms with Crippen LogP contribution in [0.4, 0.5) is 0 Å². The summed E-state index contributed by atoms with van der Waals surface area (Å²) in [6.45, 7) is 7.93. The van der Waals surface area contributed by atoms with Crippen molar-refractivity contribution in [1.29, 1.82) is 0 Å². The van der Waals surface area contributed by atoms with Crippen LogP contribution in [0.1, 0.15) is 201 Å². The first-order chi connectivity index (χ1) is 22.5. The molecule has 0 radical (unpaired) electrons. The highest BCUT2D eigenvalue weighted by Gasteiger charge is 2.41. The lowest BCUT2D eigenvalue weighted by molar-refractivity contribution is -0.161. The van der Waals surface area contributed by atoms with E-state index in [-0.39, 0.29) is 17.9 Å². The van der Waals surface area contributed by atoms with Gasteiger partial charge in [0, 0.05) is 0 Å². The van der Waals surface area contributed by atoms with E-state index >= 15 is 0 Å². The van der Waals surface area contributed by atoms with Gasteiger partial charge in [0.15, 0.2) is 0 Å². The summed E-state index contributed by atoms with van der Waals surface area (Å²) in [7, 11) is 0. The summed E-state index contributed by atoms with van der Waals surface area (Å²) >= 11 is 0. The number of carbonyl (C=O) groups is 3. The molecule has 46 heavy (non-hydrogen) atoms. The van der Waals surface area contributed by atoms with Crippen LogP contribution in [-0.4, -0.2) is 37.7 Å². The molecule has 1 saturated carbocycles. The van der Waals surface area contributed by atoms with Gasteiger partial charge >= 0.3 is 17.9 Å². The van der Waals surface area contributed by atoms with Crippen molar-refractivity contribution in [2.24, 2.45) is 17.8 Å². The van der Waals surface area contributed by atoms with Crippen molar-refractivity contribution in [2.45, 2.75) is 201 Å². The summed E-state index contributed by atoms with van der Waals surface area (Å²) in [5, 5.41) is 0.